The van der Waals surface area contributed by atoms with E-state index in [0.29, 0.717) is 24.6 Å². The second-order valence-electron chi connectivity index (χ2n) is 2.85. The lowest BCUT2D eigenvalue weighted by molar-refractivity contribution is -0.125. The van der Waals surface area contributed by atoms with Gasteiger partial charge in [0.15, 0.2) is 0 Å². The van der Waals surface area contributed by atoms with Crippen molar-refractivity contribution in [3.63, 3.8) is 0 Å². The van der Waals surface area contributed by atoms with Crippen LogP contribution < -0.4 is 0 Å². The molecule has 0 bridgehead atoms. The lowest BCUT2D eigenvalue weighted by Gasteiger charge is -2.07. The summed E-state index contributed by atoms with van der Waals surface area (Å²) in [6, 6.07) is 0. The molecule has 2 heteroatoms. The van der Waals surface area contributed by atoms with Crippen molar-refractivity contribution in [3.8, 4) is 0 Å². The summed E-state index contributed by atoms with van der Waals surface area (Å²) in [6.45, 7) is 11.5. The molecule has 0 fully saturated rings. The van der Waals surface area contributed by atoms with Gasteiger partial charge in [-0.25, -0.2) is 0 Å². The van der Waals surface area contributed by atoms with Gasteiger partial charge in [0.05, 0.1) is 0 Å². The van der Waals surface area contributed by atoms with E-state index in [1.807, 2.05) is 6.08 Å². The molecule has 0 saturated heterocycles. The summed E-state index contributed by atoms with van der Waals surface area (Å²) in [6.07, 6.45) is 4.40. The van der Waals surface area contributed by atoms with E-state index >= 15 is 0 Å². The van der Waals surface area contributed by atoms with E-state index in [9.17, 15) is 4.79 Å². The third-order valence-corrected chi connectivity index (χ3v) is 1.65. The first-order valence-corrected chi connectivity index (χ1v) is 4.03. The molecule has 0 rings (SSSR count). The van der Waals surface area contributed by atoms with Crippen molar-refractivity contribution in [2.75, 3.05) is 0 Å². The van der Waals surface area contributed by atoms with E-state index < -0.39 is 0 Å². The molecule has 0 aromatic rings. The van der Waals surface area contributed by atoms with Crippen LogP contribution in [0.25, 0.3) is 0 Å². The molecule has 0 aromatic heterocycles. The molecule has 0 aromatic carbocycles. The lowest BCUT2D eigenvalue weighted by atomic mass is 10.0. The molecule has 1 radical (unpaired) electrons. The Labute approximate surface area is 73.9 Å². The van der Waals surface area contributed by atoms with Gasteiger partial charge in [0, 0.05) is 6.42 Å². The summed E-state index contributed by atoms with van der Waals surface area (Å²) in [5.41, 5.74) is 0. The highest BCUT2D eigenvalue weighted by molar-refractivity contribution is 5.39. The molecule has 0 aliphatic rings. The fraction of sp³-hybridized carbons (Fsp3) is 0.500. The molecule has 0 heterocycles. The standard InChI is InChI=1S/C10H15O2/c1-4-5-9(2)6-7-10(3)12-8-11/h3-4,8-9H,1,5-7H2,2H3/t9-/m0/s1. The Hall–Kier alpha value is -1.05. The first-order valence-electron chi connectivity index (χ1n) is 4.03. The first-order chi connectivity index (χ1) is 5.70. The van der Waals surface area contributed by atoms with E-state index in [1.54, 1.807) is 0 Å². The maximum absolute atomic E-state index is 9.85. The topological polar surface area (TPSA) is 26.3 Å². The Morgan fingerprint density at radius 1 is 1.75 bits per heavy atom. The fourth-order valence-corrected chi connectivity index (χ4v) is 0.912. The highest BCUT2D eigenvalue weighted by Gasteiger charge is 2.01. The van der Waals surface area contributed by atoms with Crippen molar-refractivity contribution in [3.05, 3.63) is 25.0 Å². The van der Waals surface area contributed by atoms with Crippen LogP contribution in [0.3, 0.4) is 0 Å². The van der Waals surface area contributed by atoms with E-state index in [-0.39, 0.29) is 0 Å². The molecule has 0 aliphatic carbocycles. The molecule has 2 nitrogen and oxygen atoms in total. The van der Waals surface area contributed by atoms with Gasteiger partial charge < -0.3 is 4.74 Å². The highest BCUT2D eigenvalue weighted by atomic mass is 16.5. The number of carbonyl (C=O) groups is 1. The van der Waals surface area contributed by atoms with E-state index in [0.717, 1.165) is 12.8 Å². The minimum absolute atomic E-state index is 0.293. The van der Waals surface area contributed by atoms with Crippen LogP contribution in [-0.2, 0) is 9.53 Å². The Morgan fingerprint density at radius 2 is 2.42 bits per heavy atom. The Morgan fingerprint density at radius 3 is 2.92 bits per heavy atom. The number of ether oxygens (including phenoxy) is 1. The zero-order valence-electron chi connectivity index (χ0n) is 7.45. The average molecular weight is 167 g/mol. The van der Waals surface area contributed by atoms with Crippen molar-refractivity contribution in [1.29, 1.82) is 0 Å². The summed E-state index contributed by atoms with van der Waals surface area (Å²) in [4.78, 5) is 9.85. The zero-order valence-corrected chi connectivity index (χ0v) is 7.45. The van der Waals surface area contributed by atoms with Crippen LogP contribution in [0.15, 0.2) is 18.4 Å². The number of carbonyl (C=O) groups excluding carboxylic acids is 1. The molecular weight excluding hydrogens is 152 g/mol. The predicted molar refractivity (Wildman–Crippen MR) is 48.2 cm³/mol. The van der Waals surface area contributed by atoms with E-state index in [4.69, 9.17) is 6.58 Å². The minimum atomic E-state index is 0.293. The minimum Gasteiger partial charge on any atom is -0.433 e. The van der Waals surface area contributed by atoms with Crippen LogP contribution >= 0.6 is 0 Å². The third-order valence-electron chi connectivity index (χ3n) is 1.65. The summed E-state index contributed by atoms with van der Waals surface area (Å²) in [5.74, 6) is 0.831. The summed E-state index contributed by atoms with van der Waals surface area (Å²) < 4.78 is 4.46. The first kappa shape index (κ1) is 11.0. The normalized spacial score (nSPS) is 11.8. The SMILES string of the molecule is [CH]=C(CC[C@@H](C)CC=C)OC=O. The number of allylic oxidation sites excluding steroid dienone is 2. The Balaban J connectivity index is 3.45. The van der Waals surface area contributed by atoms with Gasteiger partial charge in [-0.3, -0.25) is 4.79 Å². The largest absolute Gasteiger partial charge is 0.433 e. The van der Waals surface area contributed by atoms with Gasteiger partial charge >= 0.3 is 0 Å². The molecule has 12 heavy (non-hydrogen) atoms. The third kappa shape index (κ3) is 5.71. The van der Waals surface area contributed by atoms with Gasteiger partial charge in [0.2, 0.25) is 0 Å². The smallest absolute Gasteiger partial charge is 0.298 e. The molecule has 0 spiro atoms. The molecule has 0 unspecified atom stereocenters. The van der Waals surface area contributed by atoms with Gasteiger partial charge in [-0.05, 0) is 25.3 Å². The number of hydrogen-bond donors (Lipinski definition) is 0. The molecule has 0 N–H and O–H groups in total. The molecule has 0 saturated carbocycles. The van der Waals surface area contributed by atoms with Gasteiger partial charge in [0.25, 0.3) is 6.47 Å². The Bertz CT molecular complexity index is 161. The lowest BCUT2D eigenvalue weighted by Crippen LogP contribution is -1.95. The second kappa shape index (κ2) is 6.65. The van der Waals surface area contributed by atoms with E-state index in [1.165, 1.54) is 0 Å². The van der Waals surface area contributed by atoms with Gasteiger partial charge in [0.1, 0.15) is 5.76 Å². The van der Waals surface area contributed by atoms with Crippen molar-refractivity contribution >= 4 is 6.47 Å². The van der Waals surface area contributed by atoms with Crippen molar-refractivity contribution in [1.82, 2.24) is 0 Å². The zero-order chi connectivity index (χ0) is 9.40. The molecular formula is C10H15O2. The van der Waals surface area contributed by atoms with Crippen LogP contribution in [0.2, 0.25) is 0 Å². The Kier molecular flexibility index (Phi) is 6.07. The fourth-order valence-electron chi connectivity index (χ4n) is 0.912. The quantitative estimate of drug-likeness (QED) is 0.331. The van der Waals surface area contributed by atoms with Crippen molar-refractivity contribution in [2.45, 2.75) is 26.2 Å². The van der Waals surface area contributed by atoms with Crippen molar-refractivity contribution in [2.24, 2.45) is 5.92 Å². The van der Waals surface area contributed by atoms with Crippen molar-refractivity contribution < 1.29 is 9.53 Å². The van der Waals surface area contributed by atoms with Crippen LogP contribution in [0.4, 0.5) is 0 Å². The second-order valence-corrected chi connectivity index (χ2v) is 2.85. The highest BCUT2D eigenvalue weighted by Crippen LogP contribution is 2.14. The summed E-state index contributed by atoms with van der Waals surface area (Å²) in [5, 5.41) is 0. The summed E-state index contributed by atoms with van der Waals surface area (Å²) >= 11 is 0. The van der Waals surface area contributed by atoms with Gasteiger partial charge in [-0.15, -0.1) is 6.58 Å². The monoisotopic (exact) mass is 167 g/mol. The molecule has 67 valence electrons. The molecule has 0 aliphatic heterocycles. The maximum atomic E-state index is 9.85. The number of hydrogen-bond acceptors (Lipinski definition) is 2. The maximum Gasteiger partial charge on any atom is 0.298 e. The molecule has 1 atom stereocenters. The van der Waals surface area contributed by atoms with Crippen LogP contribution in [0.1, 0.15) is 26.2 Å². The predicted octanol–water partition coefficient (Wildman–Crippen LogP) is 2.47. The number of rotatable bonds is 7. The molecule has 0 amide bonds. The summed E-state index contributed by atoms with van der Waals surface area (Å²) in [7, 11) is 0. The van der Waals surface area contributed by atoms with Crippen LogP contribution in [0.5, 0.6) is 0 Å². The van der Waals surface area contributed by atoms with Gasteiger partial charge in [-0.1, -0.05) is 13.0 Å². The van der Waals surface area contributed by atoms with Gasteiger partial charge in [-0.2, -0.15) is 0 Å². The van der Waals surface area contributed by atoms with Crippen LogP contribution in [-0.4, -0.2) is 6.47 Å². The average Bonchev–Trinajstić information content (AvgIpc) is 2.02. The van der Waals surface area contributed by atoms with Crippen LogP contribution in [0, 0.1) is 12.5 Å². The van der Waals surface area contributed by atoms with E-state index in [2.05, 4.69) is 18.2 Å².